The number of nitrogens with zero attached hydrogens (tertiary/aromatic N) is 2. The minimum atomic E-state index is -0.596. The van der Waals surface area contributed by atoms with Gasteiger partial charge in [-0.15, -0.1) is 0 Å². The summed E-state index contributed by atoms with van der Waals surface area (Å²) in [4.78, 5) is 38.6. The summed E-state index contributed by atoms with van der Waals surface area (Å²) in [6, 6.07) is 17.8. The Kier molecular flexibility index (Phi) is 9.04. The standard InChI is InChI=1S/C32H38ClN3O4/c1-21(37)34-15-12-22-8-6-7-9-25(22)23-10-11-27(29(33)18-23)28-20-36(31(39)40-32(2,3)4)17-14-26(28)24-13-16-35(5)30(38)19-24/h6-11,13,16,18-19,26,28H,12,14-15,17,20H2,1-5H3,(H,34,37)/t26-,28+/m0/s1. The number of piperidine rings is 1. The number of halogens is 1. The summed E-state index contributed by atoms with van der Waals surface area (Å²) in [5, 5.41) is 3.47. The number of pyridine rings is 1. The normalized spacial score (nSPS) is 17.4. The number of rotatable bonds is 6. The van der Waals surface area contributed by atoms with Crippen molar-refractivity contribution >= 4 is 23.6 Å². The predicted molar refractivity (Wildman–Crippen MR) is 159 cm³/mol. The maximum atomic E-state index is 13.0. The molecule has 0 unspecified atom stereocenters. The molecule has 1 aliphatic rings. The van der Waals surface area contributed by atoms with Gasteiger partial charge in [0.25, 0.3) is 5.56 Å². The Bertz CT molecular complexity index is 1440. The molecule has 0 aliphatic carbocycles. The average Bonchev–Trinajstić information content (AvgIpc) is 2.89. The molecule has 2 heterocycles. The summed E-state index contributed by atoms with van der Waals surface area (Å²) in [7, 11) is 1.73. The van der Waals surface area contributed by atoms with Gasteiger partial charge < -0.3 is 19.5 Å². The minimum absolute atomic E-state index is 0.0147. The van der Waals surface area contributed by atoms with E-state index in [9.17, 15) is 14.4 Å². The Labute approximate surface area is 241 Å². The van der Waals surface area contributed by atoms with Crippen molar-refractivity contribution in [1.82, 2.24) is 14.8 Å². The van der Waals surface area contributed by atoms with E-state index in [2.05, 4.69) is 23.5 Å². The summed E-state index contributed by atoms with van der Waals surface area (Å²) in [6.07, 6.45) is 2.83. The van der Waals surface area contributed by atoms with Crippen molar-refractivity contribution < 1.29 is 14.3 Å². The van der Waals surface area contributed by atoms with Gasteiger partial charge in [-0.05, 0) is 79.5 Å². The minimum Gasteiger partial charge on any atom is -0.444 e. The van der Waals surface area contributed by atoms with Crippen LogP contribution in [-0.2, 0) is 23.0 Å². The topological polar surface area (TPSA) is 80.6 Å². The zero-order chi connectivity index (χ0) is 29.0. The van der Waals surface area contributed by atoms with Crippen molar-refractivity contribution in [2.24, 2.45) is 7.05 Å². The first-order chi connectivity index (χ1) is 18.9. The highest BCUT2D eigenvalue weighted by atomic mass is 35.5. The third-order valence-corrected chi connectivity index (χ3v) is 7.64. The van der Waals surface area contributed by atoms with E-state index in [1.54, 1.807) is 28.8 Å². The Hall–Kier alpha value is -3.58. The molecule has 1 aliphatic heterocycles. The highest BCUT2D eigenvalue weighted by molar-refractivity contribution is 6.31. The lowest BCUT2D eigenvalue weighted by Gasteiger charge is -2.40. The van der Waals surface area contributed by atoms with Crippen LogP contribution in [0.1, 0.15) is 62.6 Å². The number of nitrogens with one attached hydrogen (secondary N) is 1. The van der Waals surface area contributed by atoms with Crippen LogP contribution in [0.5, 0.6) is 0 Å². The van der Waals surface area contributed by atoms with Gasteiger partial charge in [0, 0.05) is 56.8 Å². The summed E-state index contributed by atoms with van der Waals surface area (Å²) in [5.41, 5.74) is 4.37. The first kappa shape index (κ1) is 29.4. The Morgan fingerprint density at radius 1 is 1.07 bits per heavy atom. The van der Waals surface area contributed by atoms with E-state index in [1.165, 1.54) is 6.92 Å². The first-order valence-electron chi connectivity index (χ1n) is 13.7. The predicted octanol–water partition coefficient (Wildman–Crippen LogP) is 5.89. The summed E-state index contributed by atoms with van der Waals surface area (Å²) in [6.45, 7) is 8.61. The fourth-order valence-electron chi connectivity index (χ4n) is 5.34. The van der Waals surface area contributed by atoms with Crippen LogP contribution in [0.25, 0.3) is 11.1 Å². The summed E-state index contributed by atoms with van der Waals surface area (Å²) in [5.74, 6) is -0.158. The number of amides is 2. The van der Waals surface area contributed by atoms with E-state index < -0.39 is 5.60 Å². The number of likely N-dealkylation sites (tertiary alicyclic amines) is 1. The molecule has 4 rings (SSSR count). The van der Waals surface area contributed by atoms with Crippen molar-refractivity contribution in [3.63, 3.8) is 0 Å². The molecule has 0 bridgehead atoms. The molecule has 2 aromatic carbocycles. The second-order valence-electron chi connectivity index (χ2n) is 11.5. The lowest BCUT2D eigenvalue weighted by molar-refractivity contribution is -0.118. The number of hydrogen-bond donors (Lipinski definition) is 1. The quantitative estimate of drug-likeness (QED) is 0.405. The van der Waals surface area contributed by atoms with Gasteiger partial charge >= 0.3 is 6.09 Å². The molecule has 1 saturated heterocycles. The molecule has 7 nitrogen and oxygen atoms in total. The number of carbonyl (C=O) groups excluding carboxylic acids is 2. The summed E-state index contributed by atoms with van der Waals surface area (Å²) < 4.78 is 7.23. The first-order valence-corrected chi connectivity index (χ1v) is 14.1. The molecule has 0 spiro atoms. The molecule has 0 saturated carbocycles. The van der Waals surface area contributed by atoms with Crippen molar-refractivity contribution in [3.8, 4) is 11.1 Å². The molecule has 0 radical (unpaired) electrons. The molecule has 3 aromatic rings. The van der Waals surface area contributed by atoms with Crippen molar-refractivity contribution in [2.75, 3.05) is 19.6 Å². The van der Waals surface area contributed by atoms with Gasteiger partial charge in [-0.25, -0.2) is 4.79 Å². The van der Waals surface area contributed by atoms with Crippen LogP contribution in [-0.4, -0.2) is 46.7 Å². The SMILES string of the molecule is CC(=O)NCCc1ccccc1-c1ccc([C@@H]2CN(C(=O)OC(C)(C)C)CC[C@H]2c2ccn(C)c(=O)c2)c(Cl)c1. The maximum Gasteiger partial charge on any atom is 0.410 e. The average molecular weight is 564 g/mol. The number of carbonyl (C=O) groups is 2. The van der Waals surface area contributed by atoms with E-state index in [4.69, 9.17) is 16.3 Å². The Morgan fingerprint density at radius 2 is 1.82 bits per heavy atom. The van der Waals surface area contributed by atoms with Crippen LogP contribution in [0.2, 0.25) is 5.02 Å². The molecule has 1 fully saturated rings. The summed E-state index contributed by atoms with van der Waals surface area (Å²) >= 11 is 7.00. The van der Waals surface area contributed by atoms with Crippen molar-refractivity contribution in [3.05, 3.63) is 92.9 Å². The van der Waals surface area contributed by atoms with E-state index in [1.807, 2.05) is 51.1 Å². The van der Waals surface area contributed by atoms with Gasteiger partial charge in [0.15, 0.2) is 0 Å². The second kappa shape index (κ2) is 12.3. The zero-order valence-electron chi connectivity index (χ0n) is 23.9. The smallest absolute Gasteiger partial charge is 0.410 e. The molecule has 2 amide bonds. The van der Waals surface area contributed by atoms with Crippen LogP contribution in [0.15, 0.2) is 65.6 Å². The molecular weight excluding hydrogens is 526 g/mol. The van der Waals surface area contributed by atoms with Crippen LogP contribution < -0.4 is 10.9 Å². The fraction of sp³-hybridized carbons (Fsp3) is 0.406. The van der Waals surface area contributed by atoms with E-state index in [0.29, 0.717) is 37.5 Å². The largest absolute Gasteiger partial charge is 0.444 e. The fourth-order valence-corrected chi connectivity index (χ4v) is 5.66. The number of aryl methyl sites for hydroxylation is 1. The molecular formula is C32H38ClN3O4. The zero-order valence-corrected chi connectivity index (χ0v) is 24.6. The van der Waals surface area contributed by atoms with Gasteiger partial charge in [-0.2, -0.15) is 0 Å². The number of ether oxygens (including phenoxy) is 1. The molecule has 2 atom stereocenters. The molecule has 8 heteroatoms. The van der Waals surface area contributed by atoms with Gasteiger partial charge in [0.2, 0.25) is 5.91 Å². The number of aromatic nitrogens is 1. The van der Waals surface area contributed by atoms with Crippen LogP contribution in [0.3, 0.4) is 0 Å². The molecule has 1 aromatic heterocycles. The lowest BCUT2D eigenvalue weighted by Crippen LogP contribution is -2.44. The van der Waals surface area contributed by atoms with Crippen LogP contribution in [0, 0.1) is 0 Å². The third-order valence-electron chi connectivity index (χ3n) is 7.32. The maximum absolute atomic E-state index is 13.0. The van der Waals surface area contributed by atoms with Gasteiger partial charge in [-0.3, -0.25) is 9.59 Å². The molecule has 1 N–H and O–H groups in total. The monoisotopic (exact) mass is 563 g/mol. The third kappa shape index (κ3) is 7.13. The van der Waals surface area contributed by atoms with Crippen molar-refractivity contribution in [1.29, 1.82) is 0 Å². The van der Waals surface area contributed by atoms with Crippen molar-refractivity contribution in [2.45, 2.75) is 58.0 Å². The molecule has 40 heavy (non-hydrogen) atoms. The van der Waals surface area contributed by atoms with E-state index >= 15 is 0 Å². The van der Waals surface area contributed by atoms with Gasteiger partial charge in [-0.1, -0.05) is 48.0 Å². The van der Waals surface area contributed by atoms with E-state index in [-0.39, 0.29) is 29.4 Å². The van der Waals surface area contributed by atoms with Gasteiger partial charge in [0.1, 0.15) is 5.60 Å². The Balaban J connectivity index is 1.68. The van der Waals surface area contributed by atoms with Crippen LogP contribution >= 0.6 is 11.6 Å². The highest BCUT2D eigenvalue weighted by Crippen LogP contribution is 2.43. The lowest BCUT2D eigenvalue weighted by atomic mass is 9.76. The van der Waals surface area contributed by atoms with E-state index in [0.717, 1.165) is 27.8 Å². The number of benzene rings is 2. The Morgan fingerprint density at radius 3 is 2.50 bits per heavy atom. The highest BCUT2D eigenvalue weighted by Gasteiger charge is 2.36. The van der Waals surface area contributed by atoms with Crippen LogP contribution in [0.4, 0.5) is 4.79 Å². The second-order valence-corrected chi connectivity index (χ2v) is 11.9. The van der Waals surface area contributed by atoms with Gasteiger partial charge in [0.05, 0.1) is 0 Å². The molecule has 212 valence electrons. The number of hydrogen-bond acceptors (Lipinski definition) is 4.